The summed E-state index contributed by atoms with van der Waals surface area (Å²) in [6.45, 7) is 3.42. The molecule has 0 aromatic heterocycles. The Morgan fingerprint density at radius 1 is 1.35 bits per heavy atom. The Labute approximate surface area is 147 Å². The Balaban J connectivity index is 1.98. The zero-order valence-corrected chi connectivity index (χ0v) is 13.7. The number of hydrogen-bond acceptors (Lipinski definition) is 5. The molecule has 5 nitrogen and oxygen atoms in total. The molecule has 2 rings (SSSR count). The van der Waals surface area contributed by atoms with Crippen LogP contribution in [0.5, 0.6) is 11.5 Å². The van der Waals surface area contributed by atoms with Gasteiger partial charge in [-0.15, -0.1) is 13.2 Å². The maximum Gasteiger partial charge on any atom is 0.573 e. The molecule has 1 aromatic rings. The van der Waals surface area contributed by atoms with Crippen LogP contribution in [0.25, 0.3) is 0 Å². The van der Waals surface area contributed by atoms with E-state index in [0.29, 0.717) is 19.3 Å². The van der Waals surface area contributed by atoms with Gasteiger partial charge in [0, 0.05) is 12.1 Å². The van der Waals surface area contributed by atoms with Gasteiger partial charge in [0.15, 0.2) is 11.6 Å². The molecule has 0 saturated heterocycles. The van der Waals surface area contributed by atoms with E-state index in [4.69, 9.17) is 9.47 Å². The minimum absolute atomic E-state index is 0.0372. The highest BCUT2D eigenvalue weighted by Gasteiger charge is 2.33. The Morgan fingerprint density at radius 2 is 2.08 bits per heavy atom. The first-order valence-electron chi connectivity index (χ1n) is 7.87. The fourth-order valence-corrected chi connectivity index (χ4v) is 2.67. The van der Waals surface area contributed by atoms with Crippen LogP contribution < -0.4 is 9.47 Å². The van der Waals surface area contributed by atoms with Crippen molar-refractivity contribution in [2.24, 2.45) is 5.92 Å². The van der Waals surface area contributed by atoms with Crippen LogP contribution in [0.1, 0.15) is 19.3 Å². The number of hydrogen-bond donors (Lipinski definition) is 1. The van der Waals surface area contributed by atoms with Crippen LogP contribution in [-0.2, 0) is 9.53 Å². The highest BCUT2D eigenvalue weighted by Crippen LogP contribution is 2.32. The van der Waals surface area contributed by atoms with E-state index in [1.807, 2.05) is 0 Å². The Kier molecular flexibility index (Phi) is 6.47. The molecular formula is C17H18F4O5. The number of alkyl halides is 3. The van der Waals surface area contributed by atoms with E-state index in [1.165, 1.54) is 0 Å². The molecule has 3 atom stereocenters. The van der Waals surface area contributed by atoms with Crippen molar-refractivity contribution in [3.8, 4) is 11.5 Å². The lowest BCUT2D eigenvalue weighted by Crippen LogP contribution is -2.39. The largest absolute Gasteiger partial charge is 0.573 e. The average molecular weight is 378 g/mol. The van der Waals surface area contributed by atoms with Gasteiger partial charge in [-0.05, 0) is 37.3 Å². The second-order valence-corrected chi connectivity index (χ2v) is 5.88. The van der Waals surface area contributed by atoms with Gasteiger partial charge in [0.1, 0.15) is 11.9 Å². The fraction of sp³-hybridized carbons (Fsp3) is 0.471. The number of halogens is 4. The molecule has 0 amide bonds. The summed E-state index contributed by atoms with van der Waals surface area (Å²) < 4.78 is 64.2. The molecule has 1 aliphatic carbocycles. The van der Waals surface area contributed by atoms with Gasteiger partial charge in [-0.25, -0.2) is 9.18 Å². The molecule has 1 N–H and O–H groups in total. The number of carbonyl (C=O) groups is 1. The van der Waals surface area contributed by atoms with E-state index >= 15 is 0 Å². The number of rotatable bonds is 6. The highest BCUT2D eigenvalue weighted by molar-refractivity contribution is 5.81. The topological polar surface area (TPSA) is 65.0 Å². The Morgan fingerprint density at radius 3 is 2.69 bits per heavy atom. The molecule has 0 heterocycles. The zero-order chi connectivity index (χ0) is 19.3. The van der Waals surface area contributed by atoms with E-state index in [2.05, 4.69) is 11.3 Å². The molecule has 1 saturated carbocycles. The van der Waals surface area contributed by atoms with Crippen LogP contribution in [0.4, 0.5) is 17.6 Å². The van der Waals surface area contributed by atoms with Gasteiger partial charge in [-0.2, -0.15) is 0 Å². The summed E-state index contributed by atoms with van der Waals surface area (Å²) in [6, 6.07) is 2.68. The zero-order valence-electron chi connectivity index (χ0n) is 13.7. The molecule has 1 aromatic carbocycles. The summed E-state index contributed by atoms with van der Waals surface area (Å²) in [4.78, 5) is 11.1. The SMILES string of the molecule is C=CC(=O)OCC1CCC(O)C(Oc2ccc(OC(F)(F)F)c(F)c2)C1. The first-order valence-corrected chi connectivity index (χ1v) is 7.87. The predicted molar refractivity (Wildman–Crippen MR) is 82.0 cm³/mol. The van der Waals surface area contributed by atoms with Crippen LogP contribution >= 0.6 is 0 Å². The van der Waals surface area contributed by atoms with Gasteiger partial charge < -0.3 is 19.3 Å². The molecule has 0 spiro atoms. The molecule has 1 aliphatic rings. The monoisotopic (exact) mass is 378 g/mol. The molecule has 144 valence electrons. The van der Waals surface area contributed by atoms with Crippen molar-refractivity contribution in [1.29, 1.82) is 0 Å². The van der Waals surface area contributed by atoms with Crippen molar-refractivity contribution in [2.45, 2.75) is 37.8 Å². The van der Waals surface area contributed by atoms with Crippen LogP contribution in [0, 0.1) is 11.7 Å². The third-order valence-corrected chi connectivity index (χ3v) is 3.91. The number of ether oxygens (including phenoxy) is 3. The van der Waals surface area contributed by atoms with Crippen molar-refractivity contribution >= 4 is 5.97 Å². The predicted octanol–water partition coefficient (Wildman–Crippen LogP) is 3.36. The standard InChI is InChI=1S/C17H18F4O5/c1-2-16(23)24-9-10-3-5-13(22)15(7-10)25-11-4-6-14(12(18)8-11)26-17(19,20)21/h2,4,6,8,10,13,15,22H,1,3,5,7,9H2. The third kappa shape index (κ3) is 5.91. The van der Waals surface area contributed by atoms with Gasteiger partial charge in [-0.3, -0.25) is 0 Å². The van der Waals surface area contributed by atoms with Crippen molar-refractivity contribution < 1.29 is 41.7 Å². The van der Waals surface area contributed by atoms with Crippen LogP contribution in [0.2, 0.25) is 0 Å². The first-order chi connectivity index (χ1) is 12.2. The molecule has 0 aliphatic heterocycles. The minimum atomic E-state index is -5.00. The quantitative estimate of drug-likeness (QED) is 0.467. The van der Waals surface area contributed by atoms with Crippen LogP contribution in [0.15, 0.2) is 30.9 Å². The smallest absolute Gasteiger partial charge is 0.488 e. The van der Waals surface area contributed by atoms with Gasteiger partial charge >= 0.3 is 12.3 Å². The maximum absolute atomic E-state index is 13.7. The summed E-state index contributed by atoms with van der Waals surface area (Å²) >= 11 is 0. The van der Waals surface area contributed by atoms with Crippen LogP contribution in [-0.4, -0.2) is 36.3 Å². The molecular weight excluding hydrogens is 360 g/mol. The van der Waals surface area contributed by atoms with Crippen molar-refractivity contribution in [3.05, 3.63) is 36.7 Å². The number of aliphatic hydroxyl groups is 1. The lowest BCUT2D eigenvalue weighted by atomic mass is 9.85. The minimum Gasteiger partial charge on any atom is -0.488 e. The number of esters is 1. The summed E-state index contributed by atoms with van der Waals surface area (Å²) in [5.74, 6) is -2.87. The van der Waals surface area contributed by atoms with Crippen molar-refractivity contribution in [1.82, 2.24) is 0 Å². The second kappa shape index (κ2) is 8.39. The second-order valence-electron chi connectivity index (χ2n) is 5.88. The van der Waals surface area contributed by atoms with E-state index in [1.54, 1.807) is 0 Å². The van der Waals surface area contributed by atoms with Gasteiger partial charge in [0.05, 0.1) is 12.7 Å². The maximum atomic E-state index is 13.7. The highest BCUT2D eigenvalue weighted by atomic mass is 19.4. The number of carbonyl (C=O) groups excluding carboxylic acids is 1. The van der Waals surface area contributed by atoms with Crippen LogP contribution in [0.3, 0.4) is 0 Å². The lowest BCUT2D eigenvalue weighted by Gasteiger charge is -2.33. The van der Waals surface area contributed by atoms with Crippen molar-refractivity contribution in [2.75, 3.05) is 6.61 Å². The fourth-order valence-electron chi connectivity index (χ4n) is 2.67. The van der Waals surface area contributed by atoms with Crippen molar-refractivity contribution in [3.63, 3.8) is 0 Å². The molecule has 9 heteroatoms. The average Bonchev–Trinajstić information content (AvgIpc) is 2.56. The Hall–Kier alpha value is -2.29. The summed E-state index contributed by atoms with van der Waals surface area (Å²) in [5.41, 5.74) is 0. The summed E-state index contributed by atoms with van der Waals surface area (Å²) in [5, 5.41) is 10.0. The summed E-state index contributed by atoms with van der Waals surface area (Å²) in [7, 11) is 0. The van der Waals surface area contributed by atoms with E-state index in [-0.39, 0.29) is 18.3 Å². The molecule has 0 bridgehead atoms. The summed E-state index contributed by atoms with van der Waals surface area (Å²) in [6.07, 6.45) is -4.15. The normalized spacial score (nSPS) is 23.2. The lowest BCUT2D eigenvalue weighted by molar-refractivity contribution is -0.275. The number of benzene rings is 1. The first kappa shape index (κ1) is 20.0. The number of aliphatic hydroxyl groups excluding tert-OH is 1. The van der Waals surface area contributed by atoms with Gasteiger partial charge in [0.25, 0.3) is 0 Å². The van der Waals surface area contributed by atoms with E-state index < -0.39 is 36.1 Å². The molecule has 26 heavy (non-hydrogen) atoms. The Bertz CT molecular complexity index is 647. The van der Waals surface area contributed by atoms with E-state index in [0.717, 1.165) is 24.3 Å². The molecule has 1 fully saturated rings. The van der Waals surface area contributed by atoms with Gasteiger partial charge in [0.2, 0.25) is 0 Å². The third-order valence-electron chi connectivity index (χ3n) is 3.91. The molecule has 3 unspecified atom stereocenters. The van der Waals surface area contributed by atoms with E-state index in [9.17, 15) is 27.5 Å². The van der Waals surface area contributed by atoms with Gasteiger partial charge in [-0.1, -0.05) is 6.58 Å². The molecule has 0 radical (unpaired) electrons.